The number of alkyl halides is 2. The summed E-state index contributed by atoms with van der Waals surface area (Å²) in [5, 5.41) is 11.8. The summed E-state index contributed by atoms with van der Waals surface area (Å²) >= 11 is 5.98. The minimum Gasteiger partial charge on any atom is -0.392 e. The lowest BCUT2D eigenvalue weighted by Gasteiger charge is -2.32. The maximum Gasteiger partial charge on any atom is 0.175 e. The van der Waals surface area contributed by atoms with Crippen LogP contribution < -0.4 is 5.32 Å². The summed E-state index contributed by atoms with van der Waals surface area (Å²) < 4.78 is 18.3. The fraction of sp³-hybridized carbons (Fsp3) is 0.455. The summed E-state index contributed by atoms with van der Waals surface area (Å²) in [7, 11) is 0. The second-order valence-corrected chi connectivity index (χ2v) is 4.12. The Kier molecular flexibility index (Phi) is 3.76. The third-order valence-corrected chi connectivity index (χ3v) is 2.91. The zero-order valence-corrected chi connectivity index (χ0v) is 9.32. The molecule has 2 N–H and O–H groups in total. The number of hydrogen-bond donors (Lipinski definition) is 2. The first-order valence-electron chi connectivity index (χ1n) is 5.07. The van der Waals surface area contributed by atoms with Gasteiger partial charge in [0.1, 0.15) is 11.6 Å². The first-order valence-corrected chi connectivity index (χ1v) is 5.50. The molecule has 0 aliphatic carbocycles. The maximum absolute atomic E-state index is 12.9. The number of halogens is 2. The second kappa shape index (κ2) is 5.10. The minimum atomic E-state index is -1.24. The lowest BCUT2D eigenvalue weighted by Crippen LogP contribution is -2.45. The summed E-state index contributed by atoms with van der Waals surface area (Å²) in [5.74, 6) is 0. The number of nitrogens with one attached hydrogen (secondary N) is 1. The predicted molar refractivity (Wildman–Crippen MR) is 58.7 cm³/mol. The summed E-state index contributed by atoms with van der Waals surface area (Å²) in [6, 6.07) is 7.28. The van der Waals surface area contributed by atoms with E-state index < -0.39 is 17.9 Å². The molecule has 2 rings (SSSR count). The Bertz CT molecular complexity index is 364. The van der Waals surface area contributed by atoms with Gasteiger partial charge in [0.15, 0.2) is 6.30 Å². The van der Waals surface area contributed by atoms with Gasteiger partial charge in [-0.3, -0.25) is 5.32 Å². The molecule has 0 aromatic heterocycles. The number of morpholine rings is 1. The van der Waals surface area contributed by atoms with Gasteiger partial charge in [-0.15, -0.1) is 11.6 Å². The molecule has 1 aliphatic rings. The number of rotatable bonds is 2. The Morgan fingerprint density at radius 3 is 2.94 bits per heavy atom. The number of aliphatic hydroxyl groups excluding tert-OH is 1. The molecule has 0 saturated carbocycles. The summed E-state index contributed by atoms with van der Waals surface area (Å²) in [6.45, 7) is -0.119. The van der Waals surface area contributed by atoms with Gasteiger partial charge < -0.3 is 9.84 Å². The van der Waals surface area contributed by atoms with Crippen molar-refractivity contribution >= 4 is 11.6 Å². The van der Waals surface area contributed by atoms with Crippen molar-refractivity contribution in [2.45, 2.75) is 24.5 Å². The van der Waals surface area contributed by atoms with E-state index in [0.717, 1.165) is 11.1 Å². The van der Waals surface area contributed by atoms with E-state index in [4.69, 9.17) is 16.3 Å². The topological polar surface area (TPSA) is 41.5 Å². The zero-order valence-electron chi connectivity index (χ0n) is 8.57. The highest BCUT2D eigenvalue weighted by molar-refractivity contribution is 6.20. The van der Waals surface area contributed by atoms with Gasteiger partial charge in [-0.25, -0.2) is 4.39 Å². The molecule has 16 heavy (non-hydrogen) atoms. The molecule has 0 bridgehead atoms. The molecule has 3 atom stereocenters. The van der Waals surface area contributed by atoms with Gasteiger partial charge in [0, 0.05) is 0 Å². The Hall–Kier alpha value is -0.680. The van der Waals surface area contributed by atoms with Crippen LogP contribution in [0.2, 0.25) is 0 Å². The fourth-order valence-electron chi connectivity index (χ4n) is 1.78. The van der Waals surface area contributed by atoms with Crippen molar-refractivity contribution in [2.75, 3.05) is 6.61 Å². The van der Waals surface area contributed by atoms with E-state index in [2.05, 4.69) is 5.32 Å². The van der Waals surface area contributed by atoms with E-state index in [1.165, 1.54) is 0 Å². The second-order valence-electron chi connectivity index (χ2n) is 3.65. The number of benzene rings is 1. The molecule has 1 heterocycles. The average Bonchev–Trinajstić information content (AvgIpc) is 2.29. The Morgan fingerprint density at radius 2 is 2.25 bits per heavy atom. The van der Waals surface area contributed by atoms with Crippen LogP contribution in [0.3, 0.4) is 0 Å². The van der Waals surface area contributed by atoms with E-state index >= 15 is 0 Å². The quantitative estimate of drug-likeness (QED) is 0.616. The molecule has 0 amide bonds. The van der Waals surface area contributed by atoms with Crippen molar-refractivity contribution in [3.63, 3.8) is 0 Å². The molecular weight excluding hydrogens is 233 g/mol. The van der Waals surface area contributed by atoms with Gasteiger partial charge in [-0.1, -0.05) is 24.3 Å². The van der Waals surface area contributed by atoms with Crippen molar-refractivity contribution in [3.8, 4) is 0 Å². The number of hydrogen-bond acceptors (Lipinski definition) is 3. The fourth-order valence-corrected chi connectivity index (χ4v) is 2.13. The smallest absolute Gasteiger partial charge is 0.175 e. The van der Waals surface area contributed by atoms with E-state index in [-0.39, 0.29) is 13.2 Å². The third-order valence-electron chi connectivity index (χ3n) is 2.56. The van der Waals surface area contributed by atoms with Crippen LogP contribution in [-0.2, 0) is 11.3 Å². The summed E-state index contributed by atoms with van der Waals surface area (Å²) in [6.07, 6.45) is -1.67. The molecule has 0 radical (unpaired) electrons. The Balaban J connectivity index is 2.23. The van der Waals surface area contributed by atoms with Crippen LogP contribution in [0, 0.1) is 0 Å². The molecular formula is C11H13ClFNO2. The SMILES string of the molecule is OCc1ccccc1C1OCC(F)NC1Cl. The van der Waals surface area contributed by atoms with Crippen LogP contribution in [0.25, 0.3) is 0 Å². The third kappa shape index (κ3) is 2.35. The molecule has 1 saturated heterocycles. The molecule has 1 fully saturated rings. The molecule has 88 valence electrons. The molecule has 5 heteroatoms. The van der Waals surface area contributed by atoms with Gasteiger partial charge in [0.2, 0.25) is 0 Å². The minimum absolute atomic E-state index is 0.0341. The Labute approximate surface area is 98.2 Å². The van der Waals surface area contributed by atoms with Gasteiger partial charge in [-0.2, -0.15) is 0 Å². The van der Waals surface area contributed by atoms with Crippen LogP contribution in [0.15, 0.2) is 24.3 Å². The zero-order chi connectivity index (χ0) is 11.5. The molecule has 0 spiro atoms. The summed E-state index contributed by atoms with van der Waals surface area (Å²) in [4.78, 5) is 0. The van der Waals surface area contributed by atoms with Crippen LogP contribution in [0.1, 0.15) is 17.2 Å². The highest BCUT2D eigenvalue weighted by Crippen LogP contribution is 2.30. The maximum atomic E-state index is 12.9. The standard InChI is InChI=1S/C11H13ClFNO2/c12-11-10(16-6-9(13)14-11)8-4-2-1-3-7(8)5-15/h1-4,9-11,14-15H,5-6H2. The Morgan fingerprint density at radius 1 is 1.50 bits per heavy atom. The molecule has 3 unspecified atom stereocenters. The van der Waals surface area contributed by atoms with Crippen molar-refractivity contribution in [1.82, 2.24) is 5.32 Å². The van der Waals surface area contributed by atoms with E-state index in [1.807, 2.05) is 18.2 Å². The number of aliphatic hydroxyl groups is 1. The van der Waals surface area contributed by atoms with Crippen LogP contribution in [-0.4, -0.2) is 23.5 Å². The van der Waals surface area contributed by atoms with E-state index in [0.29, 0.717) is 0 Å². The summed E-state index contributed by atoms with van der Waals surface area (Å²) in [5.41, 5.74) is 0.915. The van der Waals surface area contributed by atoms with Crippen molar-refractivity contribution in [3.05, 3.63) is 35.4 Å². The molecule has 1 aromatic carbocycles. The molecule has 1 aliphatic heterocycles. The van der Waals surface area contributed by atoms with Crippen LogP contribution >= 0.6 is 11.6 Å². The lowest BCUT2D eigenvalue weighted by molar-refractivity contribution is -0.0428. The lowest BCUT2D eigenvalue weighted by atomic mass is 10.0. The average molecular weight is 246 g/mol. The normalized spacial score (nSPS) is 30.3. The first-order chi connectivity index (χ1) is 7.72. The van der Waals surface area contributed by atoms with Gasteiger partial charge in [-0.05, 0) is 11.1 Å². The number of ether oxygens (including phenoxy) is 1. The van der Waals surface area contributed by atoms with Gasteiger partial charge >= 0.3 is 0 Å². The van der Waals surface area contributed by atoms with Gasteiger partial charge in [0.05, 0.1) is 13.2 Å². The highest BCUT2D eigenvalue weighted by atomic mass is 35.5. The van der Waals surface area contributed by atoms with Crippen LogP contribution in [0.5, 0.6) is 0 Å². The first kappa shape index (κ1) is 11.8. The van der Waals surface area contributed by atoms with Crippen LogP contribution in [0.4, 0.5) is 4.39 Å². The largest absolute Gasteiger partial charge is 0.392 e. The highest BCUT2D eigenvalue weighted by Gasteiger charge is 2.31. The molecule has 1 aromatic rings. The molecule has 3 nitrogen and oxygen atoms in total. The monoisotopic (exact) mass is 245 g/mol. The van der Waals surface area contributed by atoms with Crippen molar-refractivity contribution in [1.29, 1.82) is 0 Å². The van der Waals surface area contributed by atoms with E-state index in [9.17, 15) is 9.50 Å². The van der Waals surface area contributed by atoms with Crippen molar-refractivity contribution < 1.29 is 14.2 Å². The predicted octanol–water partition coefficient (Wildman–Crippen LogP) is 1.70. The van der Waals surface area contributed by atoms with Crippen molar-refractivity contribution in [2.24, 2.45) is 0 Å². The van der Waals surface area contributed by atoms with Gasteiger partial charge in [0.25, 0.3) is 0 Å². The van der Waals surface area contributed by atoms with E-state index in [1.54, 1.807) is 6.07 Å².